The van der Waals surface area contributed by atoms with Crippen molar-refractivity contribution in [2.24, 2.45) is 5.14 Å². The van der Waals surface area contributed by atoms with Crippen LogP contribution in [0, 0.1) is 0 Å². The normalized spacial score (nSPS) is 12.6. The number of unbranched alkanes of at least 4 members (excludes halogenated alkanes) is 1. The van der Waals surface area contributed by atoms with E-state index < -0.39 is 10.0 Å². The highest BCUT2D eigenvalue weighted by Crippen LogP contribution is 2.22. The van der Waals surface area contributed by atoms with Gasteiger partial charge in [0.15, 0.2) is 0 Å². The Morgan fingerprint density at radius 2 is 1.65 bits per heavy atom. The van der Waals surface area contributed by atoms with Gasteiger partial charge in [0.25, 0.3) is 5.91 Å². The predicted octanol–water partition coefficient (Wildman–Crippen LogP) is 3.51. The van der Waals surface area contributed by atoms with Crippen LogP contribution in [-0.2, 0) is 16.4 Å². The average molecular weight is 375 g/mol. The molecule has 0 aromatic heterocycles. The number of hydrogen-bond acceptors (Lipinski definition) is 3. The molecule has 2 rings (SSSR count). The number of rotatable bonds is 7. The summed E-state index contributed by atoms with van der Waals surface area (Å²) in [5.74, 6) is -0.0740. The summed E-state index contributed by atoms with van der Waals surface area (Å²) < 4.78 is 22.7. The Kier molecular flexibility index (Phi) is 6.56. The van der Waals surface area contributed by atoms with E-state index in [-0.39, 0.29) is 16.8 Å². The lowest BCUT2D eigenvalue weighted by atomic mass is 10.0. The highest BCUT2D eigenvalue weighted by atomic mass is 32.2. The van der Waals surface area contributed by atoms with Crippen LogP contribution in [0.25, 0.3) is 0 Å². The molecule has 0 saturated heterocycles. The van der Waals surface area contributed by atoms with Gasteiger partial charge in [0.2, 0.25) is 10.0 Å². The van der Waals surface area contributed by atoms with Gasteiger partial charge in [0, 0.05) is 12.6 Å². The van der Waals surface area contributed by atoms with Crippen LogP contribution in [0.4, 0.5) is 0 Å². The second-order valence-electron chi connectivity index (χ2n) is 6.51. The van der Waals surface area contributed by atoms with E-state index in [0.29, 0.717) is 5.56 Å². The van der Waals surface area contributed by atoms with Crippen molar-refractivity contribution in [2.75, 3.05) is 7.05 Å². The van der Waals surface area contributed by atoms with Crippen molar-refractivity contribution >= 4 is 15.9 Å². The third kappa shape index (κ3) is 4.93. The van der Waals surface area contributed by atoms with Gasteiger partial charge in [-0.2, -0.15) is 0 Å². The van der Waals surface area contributed by atoms with E-state index in [0.717, 1.165) is 24.8 Å². The minimum absolute atomic E-state index is 0.0603. The number of hydrogen-bond donors (Lipinski definition) is 1. The number of sulfonamides is 1. The SMILES string of the molecule is CCCCc1ccc(C(=O)N(C)[C@@H](C)c2ccc(S(N)(=O)=O)cc2)cc1. The van der Waals surface area contributed by atoms with E-state index in [9.17, 15) is 13.2 Å². The fraction of sp³-hybridized carbons (Fsp3) is 0.350. The topological polar surface area (TPSA) is 80.5 Å². The number of nitrogens with zero attached hydrogens (tertiary/aromatic N) is 1. The molecule has 5 nitrogen and oxygen atoms in total. The standard InChI is InChI=1S/C20H26N2O3S/c1-4-5-6-16-7-9-18(10-8-16)20(23)22(3)15(2)17-11-13-19(14-12-17)26(21,24)25/h7-15H,4-6H2,1-3H3,(H2,21,24,25)/t15-/m0/s1. The maximum Gasteiger partial charge on any atom is 0.254 e. The molecule has 0 aliphatic carbocycles. The molecule has 0 spiro atoms. The number of benzene rings is 2. The predicted molar refractivity (Wildman–Crippen MR) is 103 cm³/mol. The van der Waals surface area contributed by atoms with Gasteiger partial charge in [-0.1, -0.05) is 37.6 Å². The molecule has 0 saturated carbocycles. The number of primary sulfonamides is 1. The minimum atomic E-state index is -3.72. The monoisotopic (exact) mass is 374 g/mol. The summed E-state index contributed by atoms with van der Waals surface area (Å²) in [5, 5.41) is 5.12. The van der Waals surface area contributed by atoms with E-state index in [2.05, 4.69) is 6.92 Å². The first-order valence-corrected chi connectivity index (χ1v) is 10.3. The van der Waals surface area contributed by atoms with Gasteiger partial charge >= 0.3 is 0 Å². The van der Waals surface area contributed by atoms with Gasteiger partial charge in [-0.3, -0.25) is 4.79 Å². The molecule has 0 unspecified atom stereocenters. The molecule has 2 N–H and O–H groups in total. The highest BCUT2D eigenvalue weighted by molar-refractivity contribution is 7.89. The highest BCUT2D eigenvalue weighted by Gasteiger charge is 2.19. The van der Waals surface area contributed by atoms with Gasteiger partial charge in [0.05, 0.1) is 10.9 Å². The summed E-state index contributed by atoms with van der Waals surface area (Å²) in [6, 6.07) is 13.8. The number of amides is 1. The third-order valence-corrected chi connectivity index (χ3v) is 5.54. The summed E-state index contributed by atoms with van der Waals surface area (Å²) in [6.07, 6.45) is 3.30. The molecular weight excluding hydrogens is 348 g/mol. The number of carbonyl (C=O) groups excluding carboxylic acids is 1. The quantitative estimate of drug-likeness (QED) is 0.805. The molecule has 26 heavy (non-hydrogen) atoms. The molecule has 0 aliphatic heterocycles. The van der Waals surface area contributed by atoms with E-state index in [1.807, 2.05) is 31.2 Å². The van der Waals surface area contributed by atoms with Crippen molar-refractivity contribution in [2.45, 2.75) is 44.0 Å². The number of nitrogens with two attached hydrogens (primary N) is 1. The first kappa shape index (κ1) is 20.1. The van der Waals surface area contributed by atoms with E-state index >= 15 is 0 Å². The maximum absolute atomic E-state index is 12.7. The Bertz CT molecular complexity index is 844. The van der Waals surface area contributed by atoms with Crippen LogP contribution in [-0.4, -0.2) is 26.3 Å². The van der Waals surface area contributed by atoms with Crippen LogP contribution in [0.2, 0.25) is 0 Å². The van der Waals surface area contributed by atoms with Gasteiger partial charge in [-0.05, 0) is 55.2 Å². The molecule has 1 atom stereocenters. The Morgan fingerprint density at radius 1 is 1.08 bits per heavy atom. The van der Waals surface area contributed by atoms with Crippen molar-refractivity contribution in [3.8, 4) is 0 Å². The summed E-state index contributed by atoms with van der Waals surface area (Å²) in [6.45, 7) is 4.06. The van der Waals surface area contributed by atoms with Crippen LogP contribution in [0.15, 0.2) is 53.4 Å². The molecule has 2 aromatic carbocycles. The first-order valence-electron chi connectivity index (χ1n) is 8.73. The van der Waals surface area contributed by atoms with Crippen molar-refractivity contribution in [3.05, 3.63) is 65.2 Å². The summed E-state index contributed by atoms with van der Waals surface area (Å²) in [7, 11) is -1.97. The molecular formula is C20H26N2O3S. The Morgan fingerprint density at radius 3 is 2.15 bits per heavy atom. The second-order valence-corrected chi connectivity index (χ2v) is 8.07. The third-order valence-electron chi connectivity index (χ3n) is 4.61. The van der Waals surface area contributed by atoms with Crippen LogP contribution in [0.1, 0.15) is 54.2 Å². The second kappa shape index (κ2) is 8.47. The molecule has 6 heteroatoms. The van der Waals surface area contributed by atoms with Crippen LogP contribution in [0.3, 0.4) is 0 Å². The van der Waals surface area contributed by atoms with Gasteiger partial charge in [-0.25, -0.2) is 13.6 Å². The van der Waals surface area contributed by atoms with Crippen molar-refractivity contribution < 1.29 is 13.2 Å². The maximum atomic E-state index is 12.7. The largest absolute Gasteiger partial charge is 0.335 e. The fourth-order valence-corrected chi connectivity index (χ4v) is 3.25. The molecule has 0 radical (unpaired) electrons. The number of carbonyl (C=O) groups is 1. The lowest BCUT2D eigenvalue weighted by Crippen LogP contribution is -2.29. The Hall–Kier alpha value is -2.18. The summed E-state index contributed by atoms with van der Waals surface area (Å²) in [5.41, 5.74) is 2.71. The molecule has 0 bridgehead atoms. The van der Waals surface area contributed by atoms with Gasteiger partial charge < -0.3 is 4.90 Å². The van der Waals surface area contributed by atoms with Gasteiger partial charge in [0.1, 0.15) is 0 Å². The molecule has 0 fully saturated rings. The molecule has 0 aliphatic rings. The van der Waals surface area contributed by atoms with E-state index in [1.54, 1.807) is 24.1 Å². The first-order chi connectivity index (χ1) is 12.2. The summed E-state index contributed by atoms with van der Waals surface area (Å²) in [4.78, 5) is 14.4. The zero-order valence-corrected chi connectivity index (χ0v) is 16.3. The fourth-order valence-electron chi connectivity index (χ4n) is 2.73. The van der Waals surface area contributed by atoms with Crippen molar-refractivity contribution in [3.63, 3.8) is 0 Å². The number of aryl methyl sites for hydroxylation is 1. The van der Waals surface area contributed by atoms with Crippen LogP contribution >= 0.6 is 0 Å². The zero-order valence-electron chi connectivity index (χ0n) is 15.5. The molecule has 1 amide bonds. The molecule has 140 valence electrons. The van der Waals surface area contributed by atoms with Gasteiger partial charge in [-0.15, -0.1) is 0 Å². The van der Waals surface area contributed by atoms with Crippen LogP contribution in [0.5, 0.6) is 0 Å². The Labute approximate surface area is 155 Å². The summed E-state index contributed by atoms with van der Waals surface area (Å²) >= 11 is 0. The van der Waals surface area contributed by atoms with E-state index in [1.165, 1.54) is 17.7 Å². The lowest BCUT2D eigenvalue weighted by Gasteiger charge is -2.25. The molecule has 0 heterocycles. The Balaban J connectivity index is 2.11. The van der Waals surface area contributed by atoms with Crippen molar-refractivity contribution in [1.82, 2.24) is 4.90 Å². The van der Waals surface area contributed by atoms with Crippen LogP contribution < -0.4 is 5.14 Å². The minimum Gasteiger partial charge on any atom is -0.335 e. The average Bonchev–Trinajstić information content (AvgIpc) is 2.64. The smallest absolute Gasteiger partial charge is 0.254 e. The molecule has 2 aromatic rings. The van der Waals surface area contributed by atoms with E-state index in [4.69, 9.17) is 5.14 Å². The zero-order chi connectivity index (χ0) is 19.3. The lowest BCUT2D eigenvalue weighted by molar-refractivity contribution is 0.0742. The van der Waals surface area contributed by atoms with Crippen molar-refractivity contribution in [1.29, 1.82) is 0 Å².